The number of piperidine rings is 1. The molecule has 2 aromatic carbocycles. The van der Waals surface area contributed by atoms with Crippen LogP contribution in [0.4, 0.5) is 0 Å². The first-order chi connectivity index (χ1) is 12.3. The van der Waals surface area contributed by atoms with Crippen molar-refractivity contribution >= 4 is 0 Å². The van der Waals surface area contributed by atoms with Gasteiger partial charge in [0.2, 0.25) is 0 Å². The molecule has 2 aliphatic heterocycles. The molecule has 4 rings (SSSR count). The fourth-order valence-corrected chi connectivity index (χ4v) is 4.25. The van der Waals surface area contributed by atoms with Gasteiger partial charge in [-0.25, -0.2) is 0 Å². The van der Waals surface area contributed by atoms with E-state index in [9.17, 15) is 0 Å². The van der Waals surface area contributed by atoms with Gasteiger partial charge >= 0.3 is 0 Å². The Balaban J connectivity index is 1.63. The molecule has 0 saturated carbocycles. The van der Waals surface area contributed by atoms with Crippen molar-refractivity contribution in [1.29, 1.82) is 0 Å². The normalized spacial score (nSPS) is 29.8. The van der Waals surface area contributed by atoms with Crippen LogP contribution in [-0.4, -0.2) is 31.1 Å². The first-order valence-electron chi connectivity index (χ1n) is 9.41. The maximum absolute atomic E-state index is 6.57. The highest BCUT2D eigenvalue weighted by atomic mass is 16.7. The van der Waals surface area contributed by atoms with Crippen LogP contribution in [0, 0.1) is 0 Å². The zero-order valence-corrected chi connectivity index (χ0v) is 14.9. The highest BCUT2D eigenvalue weighted by molar-refractivity contribution is 5.35. The molecule has 25 heavy (non-hydrogen) atoms. The summed E-state index contributed by atoms with van der Waals surface area (Å²) in [7, 11) is 0. The van der Waals surface area contributed by atoms with Crippen molar-refractivity contribution in [2.45, 2.75) is 50.0 Å². The Kier molecular flexibility index (Phi) is 4.89. The molecule has 0 bridgehead atoms. The van der Waals surface area contributed by atoms with E-state index in [1.54, 1.807) is 0 Å². The SMILES string of the molecule is CC1(C(c2ccccc2)c2ccccc2)OCC(C2CCCCN2)O1. The standard InChI is InChI=1S/C22H27NO2/c1-22(24-16-20(25-22)19-14-8-9-15-23-19)21(17-10-4-2-5-11-17)18-12-6-3-7-13-18/h2-7,10-13,19-21,23H,8-9,14-16H2,1H3. The Morgan fingerprint density at radius 1 is 0.960 bits per heavy atom. The van der Waals surface area contributed by atoms with Crippen LogP contribution in [-0.2, 0) is 9.47 Å². The summed E-state index contributed by atoms with van der Waals surface area (Å²) >= 11 is 0. The second kappa shape index (κ2) is 7.28. The summed E-state index contributed by atoms with van der Waals surface area (Å²) in [6.45, 7) is 3.84. The number of hydrogen-bond donors (Lipinski definition) is 1. The summed E-state index contributed by atoms with van der Waals surface area (Å²) in [5.74, 6) is -0.588. The maximum atomic E-state index is 6.57. The maximum Gasteiger partial charge on any atom is 0.176 e. The lowest BCUT2D eigenvalue weighted by atomic mass is 9.85. The van der Waals surface area contributed by atoms with Gasteiger partial charge in [-0.3, -0.25) is 0 Å². The Bertz CT molecular complexity index is 629. The van der Waals surface area contributed by atoms with E-state index in [4.69, 9.17) is 9.47 Å². The highest BCUT2D eigenvalue weighted by Gasteiger charge is 2.47. The van der Waals surface area contributed by atoms with Crippen molar-refractivity contribution in [3.8, 4) is 0 Å². The fraction of sp³-hybridized carbons (Fsp3) is 0.455. The molecule has 3 nitrogen and oxygen atoms in total. The van der Waals surface area contributed by atoms with Gasteiger partial charge < -0.3 is 14.8 Å². The highest BCUT2D eigenvalue weighted by Crippen LogP contribution is 2.42. The summed E-state index contributed by atoms with van der Waals surface area (Å²) in [6, 6.07) is 21.5. The third-order valence-corrected chi connectivity index (χ3v) is 5.51. The molecule has 2 aromatic rings. The van der Waals surface area contributed by atoms with Crippen LogP contribution in [0.2, 0.25) is 0 Å². The number of ether oxygens (including phenoxy) is 2. The van der Waals surface area contributed by atoms with E-state index < -0.39 is 5.79 Å². The van der Waals surface area contributed by atoms with Crippen molar-refractivity contribution < 1.29 is 9.47 Å². The van der Waals surface area contributed by atoms with Crippen molar-refractivity contribution in [2.24, 2.45) is 0 Å². The number of benzene rings is 2. The molecular weight excluding hydrogens is 310 g/mol. The van der Waals surface area contributed by atoms with E-state index in [0.717, 1.165) is 6.54 Å². The number of hydrogen-bond acceptors (Lipinski definition) is 3. The van der Waals surface area contributed by atoms with E-state index in [1.807, 2.05) is 0 Å². The smallest absolute Gasteiger partial charge is 0.176 e. The predicted octanol–water partition coefficient (Wildman–Crippen LogP) is 4.09. The Hall–Kier alpha value is -1.68. The van der Waals surface area contributed by atoms with Gasteiger partial charge in [0, 0.05) is 6.04 Å². The molecule has 132 valence electrons. The largest absolute Gasteiger partial charge is 0.346 e. The minimum Gasteiger partial charge on any atom is -0.346 e. The van der Waals surface area contributed by atoms with Crippen molar-refractivity contribution in [3.63, 3.8) is 0 Å². The topological polar surface area (TPSA) is 30.5 Å². The zero-order valence-electron chi connectivity index (χ0n) is 14.9. The Morgan fingerprint density at radius 2 is 1.60 bits per heavy atom. The van der Waals surface area contributed by atoms with E-state index in [-0.39, 0.29) is 12.0 Å². The van der Waals surface area contributed by atoms with Gasteiger partial charge in [-0.1, -0.05) is 67.1 Å². The number of rotatable bonds is 4. The van der Waals surface area contributed by atoms with E-state index in [2.05, 4.69) is 72.9 Å². The summed E-state index contributed by atoms with van der Waals surface area (Å²) in [5, 5.41) is 3.61. The fourth-order valence-electron chi connectivity index (χ4n) is 4.25. The third kappa shape index (κ3) is 3.50. The molecular formula is C22H27NO2. The lowest BCUT2D eigenvalue weighted by molar-refractivity contribution is -0.167. The molecule has 0 radical (unpaired) electrons. The van der Waals surface area contributed by atoms with Crippen LogP contribution >= 0.6 is 0 Å². The molecule has 0 aliphatic carbocycles. The Morgan fingerprint density at radius 3 is 2.16 bits per heavy atom. The van der Waals surface area contributed by atoms with Gasteiger partial charge in [0.15, 0.2) is 5.79 Å². The van der Waals surface area contributed by atoms with Gasteiger partial charge in [0.05, 0.1) is 18.6 Å². The van der Waals surface area contributed by atoms with Gasteiger partial charge in [0.1, 0.15) is 0 Å². The molecule has 0 amide bonds. The zero-order chi connectivity index (χ0) is 17.1. The lowest BCUT2D eigenvalue weighted by Gasteiger charge is -2.35. The second-order valence-corrected chi connectivity index (χ2v) is 7.29. The quantitative estimate of drug-likeness (QED) is 0.911. The molecule has 3 unspecified atom stereocenters. The molecule has 1 N–H and O–H groups in total. The van der Waals surface area contributed by atoms with Crippen LogP contribution in [0.1, 0.15) is 43.2 Å². The molecule has 0 aromatic heterocycles. The van der Waals surface area contributed by atoms with Gasteiger partial charge in [0.25, 0.3) is 0 Å². The minimum absolute atomic E-state index is 0.0588. The third-order valence-electron chi connectivity index (χ3n) is 5.51. The predicted molar refractivity (Wildman–Crippen MR) is 99.6 cm³/mol. The van der Waals surface area contributed by atoms with Gasteiger partial charge in [-0.2, -0.15) is 0 Å². The monoisotopic (exact) mass is 337 g/mol. The van der Waals surface area contributed by atoms with Gasteiger partial charge in [-0.05, 0) is 37.4 Å². The van der Waals surface area contributed by atoms with Crippen molar-refractivity contribution in [3.05, 3.63) is 71.8 Å². The van der Waals surface area contributed by atoms with Crippen LogP contribution in [0.3, 0.4) is 0 Å². The molecule has 3 atom stereocenters. The van der Waals surface area contributed by atoms with Crippen LogP contribution in [0.25, 0.3) is 0 Å². The second-order valence-electron chi connectivity index (χ2n) is 7.29. The molecule has 2 saturated heterocycles. The first-order valence-corrected chi connectivity index (χ1v) is 9.41. The first kappa shape index (κ1) is 16.8. The lowest BCUT2D eigenvalue weighted by Crippen LogP contribution is -2.45. The molecule has 2 heterocycles. The van der Waals surface area contributed by atoms with Crippen LogP contribution < -0.4 is 5.32 Å². The van der Waals surface area contributed by atoms with Crippen LogP contribution in [0.15, 0.2) is 60.7 Å². The average molecular weight is 337 g/mol. The molecule has 0 spiro atoms. The van der Waals surface area contributed by atoms with Crippen LogP contribution in [0.5, 0.6) is 0 Å². The van der Waals surface area contributed by atoms with E-state index >= 15 is 0 Å². The molecule has 2 fully saturated rings. The molecule has 2 aliphatic rings. The summed E-state index contributed by atoms with van der Waals surface area (Å²) < 4.78 is 12.9. The number of nitrogens with one attached hydrogen (secondary N) is 1. The Labute approximate surface area is 150 Å². The summed E-state index contributed by atoms with van der Waals surface area (Å²) in [5.41, 5.74) is 2.46. The van der Waals surface area contributed by atoms with E-state index in [0.29, 0.717) is 12.6 Å². The van der Waals surface area contributed by atoms with Crippen molar-refractivity contribution in [1.82, 2.24) is 5.32 Å². The molecule has 3 heteroatoms. The van der Waals surface area contributed by atoms with Crippen molar-refractivity contribution in [2.75, 3.05) is 13.2 Å². The summed E-state index contributed by atoms with van der Waals surface area (Å²) in [4.78, 5) is 0. The summed E-state index contributed by atoms with van der Waals surface area (Å²) in [6.07, 6.45) is 3.83. The van der Waals surface area contributed by atoms with E-state index in [1.165, 1.54) is 30.4 Å². The van der Waals surface area contributed by atoms with Gasteiger partial charge in [-0.15, -0.1) is 0 Å². The average Bonchev–Trinajstić information content (AvgIpc) is 3.07. The minimum atomic E-state index is -0.646.